The number of carbonyl (C=O) groups excluding carboxylic acids is 1. The fourth-order valence-corrected chi connectivity index (χ4v) is 2.27. The molecule has 0 spiro atoms. The summed E-state index contributed by atoms with van der Waals surface area (Å²) in [7, 11) is 0. The van der Waals surface area contributed by atoms with E-state index in [0.717, 1.165) is 5.56 Å². The van der Waals surface area contributed by atoms with Gasteiger partial charge in [-0.2, -0.15) is 0 Å². The van der Waals surface area contributed by atoms with Gasteiger partial charge in [-0.3, -0.25) is 0 Å². The average molecular weight is 290 g/mol. The number of nitrogens with zero attached hydrogens (tertiary/aromatic N) is 4. The van der Waals surface area contributed by atoms with Gasteiger partial charge in [-0.25, -0.2) is 4.79 Å². The maximum Gasteiger partial charge on any atom is 0.410 e. The molecule has 1 aliphatic heterocycles. The smallest absolute Gasteiger partial charge is 0.410 e. The molecule has 1 N–H and O–H groups in total. The molecule has 0 radical (unpaired) electrons. The predicted molar refractivity (Wildman–Crippen MR) is 76.4 cm³/mol. The van der Waals surface area contributed by atoms with Crippen molar-refractivity contribution < 1.29 is 14.6 Å². The molecule has 0 bridgehead atoms. The van der Waals surface area contributed by atoms with Crippen molar-refractivity contribution in [3.63, 3.8) is 0 Å². The quantitative estimate of drug-likeness (QED) is 0.526. The zero-order valence-electron chi connectivity index (χ0n) is 11.6. The van der Waals surface area contributed by atoms with Crippen LogP contribution in [0.2, 0.25) is 0 Å². The summed E-state index contributed by atoms with van der Waals surface area (Å²) in [5.74, 6) is 0. The van der Waals surface area contributed by atoms with E-state index in [1.54, 1.807) is 4.90 Å². The van der Waals surface area contributed by atoms with Crippen molar-refractivity contribution in [3.8, 4) is 0 Å². The zero-order chi connectivity index (χ0) is 15.1. The molecule has 1 amide bonds. The highest BCUT2D eigenvalue weighted by atomic mass is 16.6. The summed E-state index contributed by atoms with van der Waals surface area (Å²) in [5, 5.41) is 13.4. The molecule has 2 atom stereocenters. The Labute approximate surface area is 122 Å². The van der Waals surface area contributed by atoms with Crippen LogP contribution in [-0.4, -0.2) is 41.3 Å². The SMILES string of the molecule is [N-]=[N+]=N[C@@H]1CCN(C(=O)OCc2ccccc2)CC[C@H]1O. The number of benzene rings is 1. The van der Waals surface area contributed by atoms with Crippen molar-refractivity contribution in [2.24, 2.45) is 5.11 Å². The van der Waals surface area contributed by atoms with E-state index in [9.17, 15) is 9.90 Å². The Morgan fingerprint density at radius 2 is 2.10 bits per heavy atom. The molecule has 1 saturated heterocycles. The largest absolute Gasteiger partial charge is 0.445 e. The van der Waals surface area contributed by atoms with Gasteiger partial charge >= 0.3 is 6.09 Å². The molecular weight excluding hydrogens is 272 g/mol. The van der Waals surface area contributed by atoms with Gasteiger partial charge in [0, 0.05) is 18.0 Å². The fraction of sp³-hybridized carbons (Fsp3) is 0.500. The van der Waals surface area contributed by atoms with E-state index in [0.29, 0.717) is 25.9 Å². The lowest BCUT2D eigenvalue weighted by molar-refractivity contribution is 0.0947. The van der Waals surface area contributed by atoms with Gasteiger partial charge in [0.15, 0.2) is 0 Å². The topological polar surface area (TPSA) is 98.5 Å². The van der Waals surface area contributed by atoms with Crippen molar-refractivity contribution >= 4 is 6.09 Å². The van der Waals surface area contributed by atoms with E-state index < -0.39 is 18.2 Å². The molecule has 0 unspecified atom stereocenters. The lowest BCUT2D eigenvalue weighted by atomic mass is 10.1. The minimum absolute atomic E-state index is 0.221. The van der Waals surface area contributed by atoms with Gasteiger partial charge < -0.3 is 14.7 Å². The molecule has 1 heterocycles. The van der Waals surface area contributed by atoms with E-state index >= 15 is 0 Å². The summed E-state index contributed by atoms with van der Waals surface area (Å²) < 4.78 is 5.26. The second-order valence-electron chi connectivity index (χ2n) is 4.94. The Bertz CT molecular complexity index is 516. The summed E-state index contributed by atoms with van der Waals surface area (Å²) in [5.41, 5.74) is 9.38. The van der Waals surface area contributed by atoms with Crippen LogP contribution >= 0.6 is 0 Å². The van der Waals surface area contributed by atoms with Gasteiger partial charge in [0.05, 0.1) is 12.1 Å². The number of rotatable bonds is 3. The van der Waals surface area contributed by atoms with Crippen molar-refractivity contribution in [1.29, 1.82) is 0 Å². The number of likely N-dealkylation sites (tertiary alicyclic amines) is 1. The van der Waals surface area contributed by atoms with Crippen LogP contribution in [0.5, 0.6) is 0 Å². The minimum Gasteiger partial charge on any atom is -0.445 e. The highest BCUT2D eigenvalue weighted by molar-refractivity contribution is 5.67. The Kier molecular flexibility index (Phi) is 5.43. The molecule has 2 rings (SSSR count). The molecule has 21 heavy (non-hydrogen) atoms. The second kappa shape index (κ2) is 7.52. The first-order valence-corrected chi connectivity index (χ1v) is 6.88. The number of carbonyl (C=O) groups is 1. The minimum atomic E-state index is -0.715. The van der Waals surface area contributed by atoms with Gasteiger partial charge in [-0.05, 0) is 23.9 Å². The summed E-state index contributed by atoms with van der Waals surface area (Å²) >= 11 is 0. The first-order valence-electron chi connectivity index (χ1n) is 6.88. The van der Waals surface area contributed by atoms with E-state index in [-0.39, 0.29) is 6.61 Å². The van der Waals surface area contributed by atoms with Gasteiger partial charge in [0.1, 0.15) is 6.61 Å². The van der Waals surface area contributed by atoms with Crippen LogP contribution in [0.4, 0.5) is 4.79 Å². The highest BCUT2D eigenvalue weighted by Crippen LogP contribution is 2.16. The molecule has 7 nitrogen and oxygen atoms in total. The number of aliphatic hydroxyl groups is 1. The summed E-state index contributed by atoms with van der Waals surface area (Å²) in [6.45, 7) is 1.03. The van der Waals surface area contributed by atoms with Crippen molar-refractivity contribution in [1.82, 2.24) is 4.90 Å². The number of azide groups is 1. The molecule has 0 aromatic heterocycles. The summed E-state index contributed by atoms with van der Waals surface area (Å²) in [6, 6.07) is 8.96. The van der Waals surface area contributed by atoms with Crippen LogP contribution in [0.3, 0.4) is 0 Å². The maximum atomic E-state index is 12.0. The number of hydrogen-bond donors (Lipinski definition) is 1. The van der Waals surface area contributed by atoms with E-state index in [4.69, 9.17) is 10.3 Å². The van der Waals surface area contributed by atoms with Crippen molar-refractivity contribution in [2.45, 2.75) is 31.6 Å². The normalized spacial score (nSPS) is 22.0. The Hall–Kier alpha value is -2.24. The monoisotopic (exact) mass is 290 g/mol. The lowest BCUT2D eigenvalue weighted by Crippen LogP contribution is -2.32. The first kappa shape index (κ1) is 15.2. The van der Waals surface area contributed by atoms with Gasteiger partial charge in [-0.15, -0.1) is 0 Å². The lowest BCUT2D eigenvalue weighted by Gasteiger charge is -2.19. The maximum absolute atomic E-state index is 12.0. The molecule has 112 valence electrons. The molecule has 7 heteroatoms. The Morgan fingerprint density at radius 1 is 1.38 bits per heavy atom. The zero-order valence-corrected chi connectivity index (χ0v) is 11.6. The predicted octanol–water partition coefficient (Wildman–Crippen LogP) is 2.46. The third-order valence-electron chi connectivity index (χ3n) is 3.50. The van der Waals surface area contributed by atoms with Crippen molar-refractivity contribution in [2.75, 3.05) is 13.1 Å². The van der Waals surface area contributed by atoms with Crippen LogP contribution in [0.15, 0.2) is 35.4 Å². The molecule has 1 aliphatic rings. The number of amides is 1. The molecule has 0 saturated carbocycles. The van der Waals surface area contributed by atoms with E-state index in [1.165, 1.54) is 0 Å². The molecule has 1 fully saturated rings. The van der Waals surface area contributed by atoms with Crippen LogP contribution in [0.1, 0.15) is 18.4 Å². The standard InChI is InChI=1S/C14H18N4O3/c15-17-16-12-6-8-18(9-7-13(12)19)14(20)21-10-11-4-2-1-3-5-11/h1-5,12-13,19H,6-10H2/t12-,13-/m1/s1. The number of ether oxygens (including phenoxy) is 1. The highest BCUT2D eigenvalue weighted by Gasteiger charge is 2.26. The van der Waals surface area contributed by atoms with Gasteiger partial charge in [-0.1, -0.05) is 35.4 Å². The Morgan fingerprint density at radius 3 is 2.81 bits per heavy atom. The summed E-state index contributed by atoms with van der Waals surface area (Å²) in [4.78, 5) is 16.3. The van der Waals surface area contributed by atoms with Crippen LogP contribution < -0.4 is 0 Å². The van der Waals surface area contributed by atoms with Gasteiger partial charge in [0.2, 0.25) is 0 Å². The third kappa shape index (κ3) is 4.37. The van der Waals surface area contributed by atoms with Crippen LogP contribution in [0, 0.1) is 0 Å². The molecular formula is C14H18N4O3. The summed E-state index contributed by atoms with van der Waals surface area (Å²) in [6.07, 6.45) is -0.309. The number of aliphatic hydroxyl groups excluding tert-OH is 1. The third-order valence-corrected chi connectivity index (χ3v) is 3.50. The number of hydrogen-bond acceptors (Lipinski definition) is 4. The second-order valence-corrected chi connectivity index (χ2v) is 4.94. The Balaban J connectivity index is 1.87. The fourth-order valence-electron chi connectivity index (χ4n) is 2.27. The van der Waals surface area contributed by atoms with E-state index in [1.807, 2.05) is 30.3 Å². The molecule has 1 aromatic carbocycles. The van der Waals surface area contributed by atoms with Crippen LogP contribution in [-0.2, 0) is 11.3 Å². The first-order chi connectivity index (χ1) is 10.2. The van der Waals surface area contributed by atoms with E-state index in [2.05, 4.69) is 10.0 Å². The van der Waals surface area contributed by atoms with Gasteiger partial charge in [0.25, 0.3) is 0 Å². The molecule has 0 aliphatic carbocycles. The van der Waals surface area contributed by atoms with Crippen molar-refractivity contribution in [3.05, 3.63) is 46.3 Å². The van der Waals surface area contributed by atoms with Crippen LogP contribution in [0.25, 0.3) is 10.4 Å². The average Bonchev–Trinajstić information content (AvgIpc) is 2.69. The molecule has 1 aromatic rings.